The Morgan fingerprint density at radius 2 is 1.74 bits per heavy atom. The zero-order valence-electron chi connectivity index (χ0n) is 15.4. The third kappa shape index (κ3) is 7.11. The standard InChI is InChI=1S/C21H36OSi/c1-3-4-7-16-23-17-14-20(15-18-23)9-6-5-8-19-10-12-21(22-2)13-11-19/h10-13,20,23H,3-9,14-18H2,1-2H3/t20-,23-. The second-order valence-corrected chi connectivity index (χ2v) is 10.9. The number of aryl methyl sites for hydroxylation is 1. The van der Waals surface area contributed by atoms with Crippen LogP contribution >= 0.6 is 0 Å². The van der Waals surface area contributed by atoms with Crippen molar-refractivity contribution < 1.29 is 4.74 Å². The highest BCUT2D eigenvalue weighted by Gasteiger charge is 2.21. The van der Waals surface area contributed by atoms with Crippen LogP contribution in [0.25, 0.3) is 0 Å². The molecule has 0 spiro atoms. The van der Waals surface area contributed by atoms with Crippen LogP contribution in [0.2, 0.25) is 18.1 Å². The fraction of sp³-hybridized carbons (Fsp3) is 0.714. The summed E-state index contributed by atoms with van der Waals surface area (Å²) in [7, 11) is 1.43. The van der Waals surface area contributed by atoms with E-state index in [0.29, 0.717) is 0 Å². The fourth-order valence-electron chi connectivity index (χ4n) is 4.05. The normalized spacial score (nSPS) is 21.3. The number of unbranched alkanes of at least 4 members (excludes halogenated alkanes) is 3. The SMILES string of the molecule is CCCCC[Si@H]1CC[C@H](CCCCc2ccc(OC)cc2)CC1. The lowest BCUT2D eigenvalue weighted by Crippen LogP contribution is -2.21. The highest BCUT2D eigenvalue weighted by Crippen LogP contribution is 2.31. The summed E-state index contributed by atoms with van der Waals surface area (Å²) < 4.78 is 5.22. The van der Waals surface area contributed by atoms with E-state index >= 15 is 0 Å². The van der Waals surface area contributed by atoms with Crippen molar-refractivity contribution in [1.82, 2.24) is 0 Å². The van der Waals surface area contributed by atoms with Crippen molar-refractivity contribution in [3.63, 3.8) is 0 Å². The molecule has 130 valence electrons. The van der Waals surface area contributed by atoms with Crippen LogP contribution in [0.15, 0.2) is 24.3 Å². The van der Waals surface area contributed by atoms with Gasteiger partial charge in [0.25, 0.3) is 0 Å². The van der Waals surface area contributed by atoms with E-state index in [4.69, 9.17) is 4.74 Å². The first-order valence-corrected chi connectivity index (χ1v) is 12.4. The Labute approximate surface area is 145 Å². The lowest BCUT2D eigenvalue weighted by Gasteiger charge is -2.27. The van der Waals surface area contributed by atoms with Gasteiger partial charge in [-0.25, -0.2) is 0 Å². The summed E-state index contributed by atoms with van der Waals surface area (Å²) in [6.07, 6.45) is 13.0. The Morgan fingerprint density at radius 1 is 1.00 bits per heavy atom. The summed E-state index contributed by atoms with van der Waals surface area (Å²) in [6, 6.07) is 13.5. The summed E-state index contributed by atoms with van der Waals surface area (Å²) in [5.41, 5.74) is 1.46. The average Bonchev–Trinajstić information content (AvgIpc) is 2.61. The van der Waals surface area contributed by atoms with Crippen LogP contribution in [0.4, 0.5) is 0 Å². The Balaban J connectivity index is 1.53. The molecule has 0 bridgehead atoms. The molecule has 1 aromatic carbocycles. The monoisotopic (exact) mass is 332 g/mol. The third-order valence-corrected chi connectivity index (χ3v) is 9.19. The molecule has 1 fully saturated rings. The van der Waals surface area contributed by atoms with Crippen molar-refractivity contribution in [3.8, 4) is 5.75 Å². The molecule has 0 N–H and O–H groups in total. The van der Waals surface area contributed by atoms with Crippen molar-refractivity contribution >= 4 is 8.80 Å². The minimum atomic E-state index is -0.306. The average molecular weight is 333 g/mol. The molecular formula is C21H36OSi. The van der Waals surface area contributed by atoms with Crippen molar-refractivity contribution in [2.24, 2.45) is 5.92 Å². The summed E-state index contributed by atoms with van der Waals surface area (Å²) in [4.78, 5) is 0. The maximum absolute atomic E-state index is 5.22. The molecule has 1 saturated heterocycles. The number of hydrogen-bond acceptors (Lipinski definition) is 1. The molecule has 2 rings (SSSR count). The van der Waals surface area contributed by atoms with Gasteiger partial charge in [-0.1, -0.05) is 82.1 Å². The van der Waals surface area contributed by atoms with Crippen molar-refractivity contribution in [3.05, 3.63) is 29.8 Å². The molecule has 2 heteroatoms. The van der Waals surface area contributed by atoms with Crippen molar-refractivity contribution in [2.45, 2.75) is 82.8 Å². The van der Waals surface area contributed by atoms with Gasteiger partial charge in [-0.15, -0.1) is 0 Å². The molecule has 0 unspecified atom stereocenters. The van der Waals surface area contributed by atoms with Crippen LogP contribution in [-0.2, 0) is 6.42 Å². The summed E-state index contributed by atoms with van der Waals surface area (Å²) in [5.74, 6) is 2.02. The van der Waals surface area contributed by atoms with E-state index in [-0.39, 0.29) is 8.80 Å². The summed E-state index contributed by atoms with van der Waals surface area (Å²) >= 11 is 0. The molecule has 0 amide bonds. The Morgan fingerprint density at radius 3 is 2.39 bits per heavy atom. The summed E-state index contributed by atoms with van der Waals surface area (Å²) in [5, 5.41) is 0. The van der Waals surface area contributed by atoms with E-state index in [1.807, 2.05) is 0 Å². The van der Waals surface area contributed by atoms with Crippen LogP contribution in [-0.4, -0.2) is 15.9 Å². The molecule has 1 aromatic rings. The van der Waals surface area contributed by atoms with Crippen molar-refractivity contribution in [1.29, 1.82) is 0 Å². The minimum absolute atomic E-state index is 0.306. The predicted molar refractivity (Wildman–Crippen MR) is 104 cm³/mol. The highest BCUT2D eigenvalue weighted by atomic mass is 28.3. The predicted octanol–water partition coefficient (Wildman–Crippen LogP) is 6.24. The third-order valence-electron chi connectivity index (χ3n) is 5.67. The number of ether oxygens (including phenoxy) is 1. The molecule has 0 atom stereocenters. The van der Waals surface area contributed by atoms with Crippen molar-refractivity contribution in [2.75, 3.05) is 7.11 Å². The smallest absolute Gasteiger partial charge is 0.118 e. The Hall–Kier alpha value is -0.763. The molecule has 0 aromatic heterocycles. The molecule has 0 aliphatic carbocycles. The molecular weight excluding hydrogens is 296 g/mol. The molecule has 23 heavy (non-hydrogen) atoms. The van der Waals surface area contributed by atoms with Gasteiger partial charge in [0.2, 0.25) is 0 Å². The van der Waals surface area contributed by atoms with Crippen LogP contribution < -0.4 is 4.74 Å². The number of methoxy groups -OCH3 is 1. The zero-order valence-corrected chi connectivity index (χ0v) is 16.5. The maximum atomic E-state index is 5.22. The van der Waals surface area contributed by atoms with E-state index < -0.39 is 0 Å². The Kier molecular flexibility index (Phi) is 8.81. The summed E-state index contributed by atoms with van der Waals surface area (Å²) in [6.45, 7) is 2.32. The molecule has 1 heterocycles. The molecule has 1 aliphatic heterocycles. The molecule has 0 saturated carbocycles. The topological polar surface area (TPSA) is 9.23 Å². The van der Waals surface area contributed by atoms with Gasteiger partial charge in [0.1, 0.15) is 5.75 Å². The zero-order chi connectivity index (χ0) is 16.3. The lowest BCUT2D eigenvalue weighted by molar-refractivity contribution is 0.414. The number of rotatable bonds is 10. The van der Waals surface area contributed by atoms with Gasteiger partial charge in [-0.2, -0.15) is 0 Å². The highest BCUT2D eigenvalue weighted by molar-refractivity contribution is 6.58. The first kappa shape index (κ1) is 18.6. The quantitative estimate of drug-likeness (QED) is 0.364. The largest absolute Gasteiger partial charge is 0.497 e. The minimum Gasteiger partial charge on any atom is -0.497 e. The molecule has 1 nitrogen and oxygen atoms in total. The maximum Gasteiger partial charge on any atom is 0.118 e. The van der Waals surface area contributed by atoms with E-state index in [0.717, 1.165) is 11.7 Å². The fourth-order valence-corrected chi connectivity index (χ4v) is 7.66. The van der Waals surface area contributed by atoms with Crippen LogP contribution in [0.3, 0.4) is 0 Å². The van der Waals surface area contributed by atoms with Gasteiger partial charge in [-0.05, 0) is 36.5 Å². The van der Waals surface area contributed by atoms with Gasteiger partial charge in [0, 0.05) is 8.80 Å². The van der Waals surface area contributed by atoms with Gasteiger partial charge in [0.05, 0.1) is 7.11 Å². The molecule has 1 aliphatic rings. The van der Waals surface area contributed by atoms with Crippen LogP contribution in [0, 0.1) is 5.92 Å². The second kappa shape index (κ2) is 10.9. The van der Waals surface area contributed by atoms with Crippen LogP contribution in [0.5, 0.6) is 5.75 Å². The number of hydrogen-bond donors (Lipinski definition) is 0. The van der Waals surface area contributed by atoms with Crippen LogP contribution in [0.1, 0.15) is 63.9 Å². The lowest BCUT2D eigenvalue weighted by atomic mass is 9.95. The van der Waals surface area contributed by atoms with Gasteiger partial charge in [-0.3, -0.25) is 0 Å². The van der Waals surface area contributed by atoms with E-state index in [9.17, 15) is 0 Å². The molecule has 0 radical (unpaired) electrons. The second-order valence-electron chi connectivity index (χ2n) is 7.48. The van der Waals surface area contributed by atoms with E-state index in [1.54, 1.807) is 38.1 Å². The van der Waals surface area contributed by atoms with Gasteiger partial charge < -0.3 is 4.74 Å². The Bertz CT molecular complexity index is 406. The number of benzene rings is 1. The first-order valence-electron chi connectivity index (χ1n) is 9.94. The van der Waals surface area contributed by atoms with E-state index in [2.05, 4.69) is 31.2 Å². The van der Waals surface area contributed by atoms with Gasteiger partial charge in [0.15, 0.2) is 0 Å². The van der Waals surface area contributed by atoms with Gasteiger partial charge >= 0.3 is 0 Å². The van der Waals surface area contributed by atoms with E-state index in [1.165, 1.54) is 50.5 Å². The first-order chi connectivity index (χ1) is 11.3.